The maximum atomic E-state index is 12.8. The number of nitrogens with zero attached hydrogens (tertiary/aromatic N) is 1. The summed E-state index contributed by atoms with van der Waals surface area (Å²) in [7, 11) is 0. The third kappa shape index (κ3) is 4.60. The number of hydrogen-bond acceptors (Lipinski definition) is 4. The van der Waals surface area contributed by atoms with Crippen LogP contribution in [-0.4, -0.2) is 41.9 Å². The number of ether oxygens (including phenoxy) is 2. The lowest BCUT2D eigenvalue weighted by Crippen LogP contribution is -2.52. The molecule has 2 aliphatic heterocycles. The van der Waals surface area contributed by atoms with Crippen LogP contribution in [0.3, 0.4) is 0 Å². The summed E-state index contributed by atoms with van der Waals surface area (Å²) in [5, 5.41) is 0. The Morgan fingerprint density at radius 3 is 2.52 bits per heavy atom. The molecule has 0 N–H and O–H groups in total. The van der Waals surface area contributed by atoms with Gasteiger partial charge in [-0.25, -0.2) is 0 Å². The fourth-order valence-electron chi connectivity index (χ4n) is 4.69. The molecule has 1 fully saturated rings. The van der Waals surface area contributed by atoms with Gasteiger partial charge in [-0.05, 0) is 55.2 Å². The molecule has 0 bridgehead atoms. The molecule has 1 amide bonds. The summed E-state index contributed by atoms with van der Waals surface area (Å²) in [5.74, 6) is 1.74. The molecule has 5 heteroatoms. The van der Waals surface area contributed by atoms with Gasteiger partial charge in [-0.2, -0.15) is 0 Å². The summed E-state index contributed by atoms with van der Waals surface area (Å²) in [6, 6.07) is 12.0. The molecular formula is C26H31NO4. The first-order valence-corrected chi connectivity index (χ1v) is 11.2. The summed E-state index contributed by atoms with van der Waals surface area (Å²) < 4.78 is 12.1. The van der Waals surface area contributed by atoms with Crippen LogP contribution in [0.4, 0.5) is 0 Å². The smallest absolute Gasteiger partial charge is 0.226 e. The van der Waals surface area contributed by atoms with Crippen LogP contribution < -0.4 is 9.47 Å². The molecule has 5 nitrogen and oxygen atoms in total. The van der Waals surface area contributed by atoms with Gasteiger partial charge in [0.05, 0.1) is 25.0 Å². The van der Waals surface area contributed by atoms with Crippen LogP contribution in [0.25, 0.3) is 0 Å². The van der Waals surface area contributed by atoms with E-state index in [4.69, 9.17) is 9.47 Å². The molecule has 0 atom stereocenters. The number of carbonyl (C=O) groups is 2. The largest absolute Gasteiger partial charge is 0.493 e. The summed E-state index contributed by atoms with van der Waals surface area (Å²) in [5.41, 5.74) is 3.57. The Hall–Kier alpha value is -2.82. The Kier molecular flexibility index (Phi) is 6.03. The zero-order chi connectivity index (χ0) is 22.0. The number of Topliss-reactive ketones (excluding diaryl/α,β-unsaturated/α-hetero) is 1. The lowest BCUT2D eigenvalue weighted by Gasteiger charge is -2.44. The predicted molar refractivity (Wildman–Crippen MR) is 120 cm³/mol. The summed E-state index contributed by atoms with van der Waals surface area (Å²) in [4.78, 5) is 27.4. The Balaban J connectivity index is 1.31. The number of hydrogen-bond donors (Lipinski definition) is 0. The highest BCUT2D eigenvalue weighted by Crippen LogP contribution is 2.41. The van der Waals surface area contributed by atoms with Crippen molar-refractivity contribution in [1.29, 1.82) is 0 Å². The van der Waals surface area contributed by atoms with E-state index in [0.717, 1.165) is 28.9 Å². The van der Waals surface area contributed by atoms with Gasteiger partial charge in [-0.1, -0.05) is 25.1 Å². The van der Waals surface area contributed by atoms with Crippen LogP contribution in [0.15, 0.2) is 36.4 Å². The van der Waals surface area contributed by atoms with Crippen molar-refractivity contribution in [1.82, 2.24) is 4.90 Å². The Morgan fingerprint density at radius 1 is 1.13 bits per heavy atom. The molecule has 164 valence electrons. The topological polar surface area (TPSA) is 55.8 Å². The van der Waals surface area contributed by atoms with Crippen LogP contribution in [0.1, 0.15) is 59.7 Å². The van der Waals surface area contributed by atoms with E-state index in [0.29, 0.717) is 51.1 Å². The molecule has 0 saturated carbocycles. The lowest BCUT2D eigenvalue weighted by atomic mass is 9.81. The maximum Gasteiger partial charge on any atom is 0.226 e. The van der Waals surface area contributed by atoms with E-state index in [9.17, 15) is 9.59 Å². The maximum absolute atomic E-state index is 12.8. The van der Waals surface area contributed by atoms with E-state index in [1.807, 2.05) is 55.1 Å². The van der Waals surface area contributed by atoms with Crippen molar-refractivity contribution in [3.8, 4) is 11.5 Å². The van der Waals surface area contributed by atoms with Crippen LogP contribution >= 0.6 is 0 Å². The number of rotatable bonds is 5. The first-order valence-electron chi connectivity index (χ1n) is 11.2. The van der Waals surface area contributed by atoms with Crippen LogP contribution in [0, 0.1) is 13.8 Å². The molecule has 2 aromatic rings. The second-order valence-corrected chi connectivity index (χ2v) is 8.82. The molecule has 2 heterocycles. The summed E-state index contributed by atoms with van der Waals surface area (Å²) in [6.45, 7) is 7.69. The van der Waals surface area contributed by atoms with Crippen molar-refractivity contribution in [2.24, 2.45) is 0 Å². The number of ketones is 1. The normalized spacial score (nSPS) is 17.3. The third-order valence-corrected chi connectivity index (χ3v) is 6.48. The highest BCUT2D eigenvalue weighted by molar-refractivity contribution is 6.01. The van der Waals surface area contributed by atoms with Gasteiger partial charge in [0, 0.05) is 25.9 Å². The van der Waals surface area contributed by atoms with E-state index >= 15 is 0 Å². The molecule has 0 radical (unpaired) electrons. The molecule has 31 heavy (non-hydrogen) atoms. The molecule has 2 aromatic carbocycles. The molecule has 2 aliphatic rings. The fraction of sp³-hybridized carbons (Fsp3) is 0.462. The van der Waals surface area contributed by atoms with E-state index in [1.54, 1.807) is 0 Å². The highest BCUT2D eigenvalue weighted by Gasteiger charge is 2.44. The van der Waals surface area contributed by atoms with Gasteiger partial charge in [0.15, 0.2) is 5.78 Å². The third-order valence-electron chi connectivity index (χ3n) is 6.48. The van der Waals surface area contributed by atoms with Crippen LogP contribution in [0.2, 0.25) is 0 Å². The van der Waals surface area contributed by atoms with Crippen LogP contribution in [-0.2, 0) is 11.2 Å². The number of piperidine rings is 1. The minimum atomic E-state index is -0.487. The molecule has 4 rings (SSSR count). The number of benzene rings is 2. The van der Waals surface area contributed by atoms with Gasteiger partial charge in [0.1, 0.15) is 17.1 Å². The van der Waals surface area contributed by atoms with Gasteiger partial charge in [-0.3, -0.25) is 9.59 Å². The molecule has 0 aliphatic carbocycles. The summed E-state index contributed by atoms with van der Waals surface area (Å²) >= 11 is 0. The minimum absolute atomic E-state index is 0.0919. The Morgan fingerprint density at radius 2 is 1.84 bits per heavy atom. The highest BCUT2D eigenvalue weighted by atomic mass is 16.5. The zero-order valence-electron chi connectivity index (χ0n) is 18.7. The van der Waals surface area contributed by atoms with E-state index in [-0.39, 0.29) is 11.7 Å². The van der Waals surface area contributed by atoms with E-state index in [2.05, 4.69) is 6.92 Å². The fourth-order valence-corrected chi connectivity index (χ4v) is 4.69. The number of aryl methyl sites for hydroxylation is 3. The van der Waals surface area contributed by atoms with Crippen molar-refractivity contribution in [2.75, 3.05) is 19.7 Å². The Labute approximate surface area is 184 Å². The average molecular weight is 422 g/mol. The first kappa shape index (κ1) is 21.4. The second kappa shape index (κ2) is 8.74. The number of amides is 1. The van der Waals surface area contributed by atoms with Gasteiger partial charge < -0.3 is 14.4 Å². The second-order valence-electron chi connectivity index (χ2n) is 8.82. The summed E-state index contributed by atoms with van der Waals surface area (Å²) in [6.07, 6.45) is 3.09. The van der Waals surface area contributed by atoms with Crippen molar-refractivity contribution < 1.29 is 19.1 Å². The number of likely N-dealkylation sites (tertiary alicyclic amines) is 1. The van der Waals surface area contributed by atoms with Crippen molar-refractivity contribution in [3.63, 3.8) is 0 Å². The molecule has 1 saturated heterocycles. The minimum Gasteiger partial charge on any atom is -0.493 e. The standard InChI is InChI=1S/C26H31NO4/c1-4-20-5-7-21(8-6-20)30-14-9-24(29)27-12-10-26(11-13-27)17-22(28)25-19(3)15-18(2)16-23(25)31-26/h5-8,15-16H,4,9-14,17H2,1-3H3. The van der Waals surface area contributed by atoms with Gasteiger partial charge >= 0.3 is 0 Å². The molecule has 0 unspecified atom stereocenters. The number of fused-ring (bicyclic) bond motifs is 1. The van der Waals surface area contributed by atoms with Gasteiger partial charge in [0.25, 0.3) is 0 Å². The number of carbonyl (C=O) groups excluding carboxylic acids is 2. The van der Waals surface area contributed by atoms with E-state index in [1.165, 1.54) is 5.56 Å². The molecule has 0 aromatic heterocycles. The quantitative estimate of drug-likeness (QED) is 0.705. The average Bonchev–Trinajstić information content (AvgIpc) is 2.73. The monoisotopic (exact) mass is 421 g/mol. The van der Waals surface area contributed by atoms with Crippen molar-refractivity contribution in [3.05, 3.63) is 58.7 Å². The van der Waals surface area contributed by atoms with Gasteiger partial charge in [0.2, 0.25) is 5.91 Å². The van der Waals surface area contributed by atoms with Crippen molar-refractivity contribution >= 4 is 11.7 Å². The van der Waals surface area contributed by atoms with E-state index < -0.39 is 5.60 Å². The molecule has 1 spiro atoms. The first-order chi connectivity index (χ1) is 14.9. The van der Waals surface area contributed by atoms with Crippen LogP contribution in [0.5, 0.6) is 11.5 Å². The Bertz CT molecular complexity index is 972. The SMILES string of the molecule is CCc1ccc(OCCC(=O)N2CCC3(CC2)CC(=O)c2c(C)cc(C)cc2O3)cc1. The van der Waals surface area contributed by atoms with Gasteiger partial charge in [-0.15, -0.1) is 0 Å². The zero-order valence-corrected chi connectivity index (χ0v) is 18.7. The predicted octanol–water partition coefficient (Wildman–Crippen LogP) is 4.66. The molecular weight excluding hydrogens is 390 g/mol. The lowest BCUT2D eigenvalue weighted by molar-refractivity contribution is -0.135. The van der Waals surface area contributed by atoms with Crippen molar-refractivity contribution in [2.45, 2.75) is 58.5 Å².